The average molecular weight is 239 g/mol. The van der Waals surface area contributed by atoms with Crippen LogP contribution >= 0.6 is 0 Å². The van der Waals surface area contributed by atoms with Crippen molar-refractivity contribution in [2.75, 3.05) is 6.54 Å². The third kappa shape index (κ3) is 5.12. The van der Waals surface area contributed by atoms with Crippen LogP contribution < -0.4 is 16.8 Å². The van der Waals surface area contributed by atoms with Gasteiger partial charge in [-0.3, -0.25) is 9.59 Å². The van der Waals surface area contributed by atoms with Crippen molar-refractivity contribution in [1.29, 1.82) is 0 Å². The smallest absolute Gasteiger partial charge is 0.237 e. The van der Waals surface area contributed by atoms with Crippen LogP contribution in [0, 0.1) is 0 Å². The van der Waals surface area contributed by atoms with Crippen molar-refractivity contribution in [3.8, 4) is 0 Å². The van der Waals surface area contributed by atoms with Crippen LogP contribution in [0.15, 0.2) is 18.7 Å². The van der Waals surface area contributed by atoms with Gasteiger partial charge < -0.3 is 21.4 Å². The summed E-state index contributed by atoms with van der Waals surface area (Å²) in [5, 5.41) is 2.64. The summed E-state index contributed by atoms with van der Waals surface area (Å²) in [6, 6.07) is -0.860. The van der Waals surface area contributed by atoms with E-state index in [0.717, 1.165) is 13.0 Å². The second-order valence-electron chi connectivity index (χ2n) is 3.72. The largest absolute Gasteiger partial charge is 0.370 e. The van der Waals surface area contributed by atoms with Crippen molar-refractivity contribution in [3.05, 3.63) is 18.7 Å². The molecule has 7 heteroatoms. The van der Waals surface area contributed by atoms with Crippen LogP contribution in [0.3, 0.4) is 0 Å². The highest BCUT2D eigenvalue weighted by atomic mass is 16.2. The third-order valence-corrected chi connectivity index (χ3v) is 2.21. The molecule has 0 radical (unpaired) electrons. The zero-order chi connectivity index (χ0) is 12.7. The van der Waals surface area contributed by atoms with Gasteiger partial charge in [0.25, 0.3) is 0 Å². The molecule has 0 aliphatic heterocycles. The van der Waals surface area contributed by atoms with Crippen molar-refractivity contribution in [1.82, 2.24) is 14.9 Å². The Morgan fingerprint density at radius 1 is 1.47 bits per heavy atom. The predicted molar refractivity (Wildman–Crippen MR) is 61.6 cm³/mol. The van der Waals surface area contributed by atoms with Crippen LogP contribution in [0.4, 0.5) is 0 Å². The molecule has 0 spiro atoms. The van der Waals surface area contributed by atoms with Crippen molar-refractivity contribution < 1.29 is 9.59 Å². The standard InChI is InChI=1S/C10H17N5O2/c11-8(6-9(12)16)10(17)14-2-1-4-15-5-3-13-7-15/h3,5,7-8H,1-2,4,6,11H2,(H2,12,16)(H,14,17). The quantitative estimate of drug-likeness (QED) is 0.507. The molecule has 0 aliphatic rings. The minimum Gasteiger partial charge on any atom is -0.370 e. The van der Waals surface area contributed by atoms with Crippen molar-refractivity contribution >= 4 is 11.8 Å². The Hall–Kier alpha value is -1.89. The molecule has 17 heavy (non-hydrogen) atoms. The second kappa shape index (κ2) is 6.64. The third-order valence-electron chi connectivity index (χ3n) is 2.21. The lowest BCUT2D eigenvalue weighted by Crippen LogP contribution is -2.43. The molecule has 1 unspecified atom stereocenters. The number of amides is 2. The van der Waals surface area contributed by atoms with Gasteiger partial charge in [0.15, 0.2) is 0 Å². The number of rotatable bonds is 7. The van der Waals surface area contributed by atoms with E-state index in [9.17, 15) is 9.59 Å². The maximum Gasteiger partial charge on any atom is 0.237 e. The molecule has 0 bridgehead atoms. The molecule has 7 nitrogen and oxygen atoms in total. The van der Waals surface area contributed by atoms with E-state index in [1.54, 1.807) is 12.5 Å². The summed E-state index contributed by atoms with van der Waals surface area (Å²) in [5.74, 6) is -0.930. The van der Waals surface area contributed by atoms with Gasteiger partial charge in [-0.05, 0) is 6.42 Å². The summed E-state index contributed by atoms with van der Waals surface area (Å²) in [6.45, 7) is 1.27. The van der Waals surface area contributed by atoms with Gasteiger partial charge in [0.2, 0.25) is 11.8 Å². The number of imidazole rings is 1. The number of aryl methyl sites for hydroxylation is 1. The molecule has 2 amide bonds. The Labute approximate surface area is 99.2 Å². The zero-order valence-electron chi connectivity index (χ0n) is 9.50. The Kier molecular flexibility index (Phi) is 5.15. The van der Waals surface area contributed by atoms with Gasteiger partial charge in [-0.25, -0.2) is 4.98 Å². The molecule has 0 fully saturated rings. The number of carbonyl (C=O) groups is 2. The molecule has 94 valence electrons. The Bertz CT molecular complexity index is 363. The number of hydrogen-bond acceptors (Lipinski definition) is 4. The molecule has 1 heterocycles. The average Bonchev–Trinajstić information content (AvgIpc) is 2.75. The fourth-order valence-corrected chi connectivity index (χ4v) is 1.33. The Morgan fingerprint density at radius 3 is 2.82 bits per heavy atom. The van der Waals surface area contributed by atoms with Crippen LogP contribution in [0.1, 0.15) is 12.8 Å². The summed E-state index contributed by atoms with van der Waals surface area (Å²) < 4.78 is 1.91. The van der Waals surface area contributed by atoms with Crippen molar-refractivity contribution in [3.63, 3.8) is 0 Å². The Balaban J connectivity index is 2.13. The lowest BCUT2D eigenvalue weighted by Gasteiger charge is -2.10. The first-order valence-electron chi connectivity index (χ1n) is 5.37. The minimum atomic E-state index is -0.860. The number of primary amides is 1. The van der Waals surface area contributed by atoms with E-state index in [4.69, 9.17) is 11.5 Å². The van der Waals surface area contributed by atoms with Gasteiger partial charge >= 0.3 is 0 Å². The maximum atomic E-state index is 11.4. The highest BCUT2D eigenvalue weighted by molar-refractivity contribution is 5.87. The van der Waals surface area contributed by atoms with E-state index in [0.29, 0.717) is 6.54 Å². The van der Waals surface area contributed by atoms with Gasteiger partial charge in [-0.15, -0.1) is 0 Å². The SMILES string of the molecule is NC(=O)CC(N)C(=O)NCCCn1ccnc1. The monoisotopic (exact) mass is 239 g/mol. The first kappa shape index (κ1) is 13.2. The van der Waals surface area contributed by atoms with E-state index in [1.807, 2.05) is 10.8 Å². The molecule has 1 aromatic heterocycles. The van der Waals surface area contributed by atoms with Crippen LogP contribution in [-0.2, 0) is 16.1 Å². The first-order valence-corrected chi connectivity index (χ1v) is 5.37. The summed E-state index contributed by atoms with van der Waals surface area (Å²) in [5.41, 5.74) is 10.4. The normalized spacial score (nSPS) is 12.1. The van der Waals surface area contributed by atoms with Gasteiger partial charge in [-0.1, -0.05) is 0 Å². The van der Waals surface area contributed by atoms with Crippen LogP contribution in [-0.4, -0.2) is 34.0 Å². The van der Waals surface area contributed by atoms with Crippen LogP contribution in [0.5, 0.6) is 0 Å². The van der Waals surface area contributed by atoms with E-state index >= 15 is 0 Å². The lowest BCUT2D eigenvalue weighted by molar-refractivity contribution is -0.126. The predicted octanol–water partition coefficient (Wildman–Crippen LogP) is -1.41. The maximum absolute atomic E-state index is 11.4. The van der Waals surface area contributed by atoms with E-state index < -0.39 is 11.9 Å². The molecular weight excluding hydrogens is 222 g/mol. The molecule has 5 N–H and O–H groups in total. The fraction of sp³-hybridized carbons (Fsp3) is 0.500. The number of nitrogens with two attached hydrogens (primary N) is 2. The number of hydrogen-bond donors (Lipinski definition) is 3. The van der Waals surface area contributed by atoms with E-state index in [2.05, 4.69) is 10.3 Å². The molecule has 0 saturated heterocycles. The molecule has 1 aromatic rings. The van der Waals surface area contributed by atoms with Crippen molar-refractivity contribution in [2.45, 2.75) is 25.4 Å². The number of nitrogens with one attached hydrogen (secondary N) is 1. The summed E-state index contributed by atoms with van der Waals surface area (Å²) in [4.78, 5) is 25.8. The van der Waals surface area contributed by atoms with Crippen molar-refractivity contribution in [2.24, 2.45) is 11.5 Å². The van der Waals surface area contributed by atoms with Gasteiger partial charge in [0.05, 0.1) is 18.8 Å². The highest BCUT2D eigenvalue weighted by Gasteiger charge is 2.14. The van der Waals surface area contributed by atoms with Gasteiger partial charge in [-0.2, -0.15) is 0 Å². The van der Waals surface area contributed by atoms with Gasteiger partial charge in [0, 0.05) is 25.5 Å². The number of aromatic nitrogens is 2. The zero-order valence-corrected chi connectivity index (χ0v) is 9.50. The highest BCUT2D eigenvalue weighted by Crippen LogP contribution is 1.91. The molecule has 0 aliphatic carbocycles. The molecule has 0 saturated carbocycles. The van der Waals surface area contributed by atoms with E-state index in [1.165, 1.54) is 0 Å². The lowest BCUT2D eigenvalue weighted by atomic mass is 10.2. The summed E-state index contributed by atoms with van der Waals surface area (Å²) in [7, 11) is 0. The Morgan fingerprint density at radius 2 is 2.24 bits per heavy atom. The van der Waals surface area contributed by atoms with Gasteiger partial charge in [0.1, 0.15) is 0 Å². The van der Waals surface area contributed by atoms with Crippen LogP contribution in [0.2, 0.25) is 0 Å². The summed E-state index contributed by atoms with van der Waals surface area (Å²) >= 11 is 0. The van der Waals surface area contributed by atoms with E-state index in [-0.39, 0.29) is 12.3 Å². The molecule has 0 aromatic carbocycles. The fourth-order valence-electron chi connectivity index (χ4n) is 1.33. The molecule has 1 rings (SSSR count). The topological polar surface area (TPSA) is 116 Å². The molecular formula is C10H17N5O2. The number of nitrogens with zero attached hydrogens (tertiary/aromatic N) is 2. The molecule has 1 atom stereocenters. The minimum absolute atomic E-state index is 0.132. The van der Waals surface area contributed by atoms with Crippen LogP contribution in [0.25, 0.3) is 0 Å². The number of carbonyl (C=O) groups excluding carboxylic acids is 2. The summed E-state index contributed by atoms with van der Waals surface area (Å²) in [6.07, 6.45) is 5.89. The first-order chi connectivity index (χ1) is 8.09. The second-order valence-corrected chi connectivity index (χ2v) is 3.72.